The Morgan fingerprint density at radius 2 is 1.96 bits per heavy atom. The van der Waals surface area contributed by atoms with Gasteiger partial charge in [0.05, 0.1) is 25.7 Å². The minimum Gasteiger partial charge on any atom is -0.497 e. The molecule has 2 aliphatic carbocycles. The molecule has 1 aromatic carbocycles. The molecular formula is C23H32NO3+. The van der Waals surface area contributed by atoms with Gasteiger partial charge in [-0.1, -0.05) is 19.9 Å². The molecule has 0 bridgehead atoms. The van der Waals surface area contributed by atoms with Gasteiger partial charge < -0.3 is 14.2 Å². The Morgan fingerprint density at radius 1 is 1.15 bits per heavy atom. The summed E-state index contributed by atoms with van der Waals surface area (Å²) in [4.78, 5) is 0. The standard InChI is InChI=1S/C23H32NO3/c1-17(2)14-24-9-8-22-15-23(26-10-11-27-23)7-6-21(22,16-24)13-18-4-5-19(25-3)12-20(18)22/h4-5,12,16-17H,6-11,13-15H2,1-3H3/q+1/t21-,22-/m1/s1. The van der Waals surface area contributed by atoms with Crippen LogP contribution in [0.15, 0.2) is 18.2 Å². The number of nitrogens with zero attached hydrogens (tertiary/aromatic N) is 1. The van der Waals surface area contributed by atoms with Gasteiger partial charge in [0, 0.05) is 30.6 Å². The van der Waals surface area contributed by atoms with Crippen LogP contribution >= 0.6 is 0 Å². The lowest BCUT2D eigenvalue weighted by Crippen LogP contribution is -2.59. The molecule has 0 amide bonds. The summed E-state index contributed by atoms with van der Waals surface area (Å²) in [5.41, 5.74) is 3.27. The summed E-state index contributed by atoms with van der Waals surface area (Å²) in [6.45, 7) is 8.37. The van der Waals surface area contributed by atoms with E-state index in [0.717, 1.165) is 57.7 Å². The maximum absolute atomic E-state index is 6.21. The normalized spacial score (nSPS) is 33.6. The fourth-order valence-electron chi connectivity index (χ4n) is 6.43. The summed E-state index contributed by atoms with van der Waals surface area (Å²) < 4.78 is 20.6. The molecule has 4 nitrogen and oxygen atoms in total. The molecule has 146 valence electrons. The van der Waals surface area contributed by atoms with Crippen LogP contribution in [-0.2, 0) is 21.3 Å². The topological polar surface area (TPSA) is 30.7 Å². The van der Waals surface area contributed by atoms with Crippen LogP contribution in [0, 0.1) is 11.3 Å². The smallest absolute Gasteiger partial charge is 0.169 e. The maximum atomic E-state index is 6.21. The highest BCUT2D eigenvalue weighted by Gasteiger charge is 2.67. The molecule has 2 fully saturated rings. The van der Waals surface area contributed by atoms with Crippen LogP contribution in [0.4, 0.5) is 0 Å². The van der Waals surface area contributed by atoms with Gasteiger partial charge in [-0.05, 0) is 36.1 Å². The van der Waals surface area contributed by atoms with Crippen LogP contribution in [-0.4, -0.2) is 50.0 Å². The van der Waals surface area contributed by atoms with Gasteiger partial charge in [-0.3, -0.25) is 0 Å². The van der Waals surface area contributed by atoms with Gasteiger partial charge in [-0.25, -0.2) is 4.58 Å². The molecular weight excluding hydrogens is 338 g/mol. The van der Waals surface area contributed by atoms with Gasteiger partial charge >= 0.3 is 0 Å². The second kappa shape index (κ2) is 6.05. The van der Waals surface area contributed by atoms with Crippen molar-refractivity contribution in [2.45, 2.75) is 57.2 Å². The fourth-order valence-corrected chi connectivity index (χ4v) is 6.43. The Hall–Kier alpha value is -1.39. The largest absolute Gasteiger partial charge is 0.497 e. The molecule has 1 saturated carbocycles. The summed E-state index contributed by atoms with van der Waals surface area (Å²) in [6, 6.07) is 6.72. The second-order valence-electron chi connectivity index (χ2n) is 9.49. The van der Waals surface area contributed by atoms with Gasteiger partial charge in [0.2, 0.25) is 0 Å². The third-order valence-electron chi connectivity index (χ3n) is 7.48. The lowest BCUT2D eigenvalue weighted by atomic mass is 9.53. The monoisotopic (exact) mass is 370 g/mol. The molecule has 0 unspecified atom stereocenters. The van der Waals surface area contributed by atoms with Gasteiger partial charge in [0.1, 0.15) is 25.1 Å². The van der Waals surface area contributed by atoms with Crippen molar-refractivity contribution in [2.75, 3.05) is 33.4 Å². The second-order valence-corrected chi connectivity index (χ2v) is 9.49. The molecule has 1 spiro atoms. The Bertz CT molecular complexity index is 780. The van der Waals surface area contributed by atoms with E-state index >= 15 is 0 Å². The van der Waals surface area contributed by atoms with E-state index < -0.39 is 0 Å². The molecule has 1 aromatic rings. The van der Waals surface area contributed by atoms with Crippen molar-refractivity contribution >= 4 is 6.21 Å². The van der Waals surface area contributed by atoms with Crippen molar-refractivity contribution in [3.05, 3.63) is 29.3 Å². The van der Waals surface area contributed by atoms with Crippen LogP contribution in [0.5, 0.6) is 5.75 Å². The maximum Gasteiger partial charge on any atom is 0.169 e. The summed E-state index contributed by atoms with van der Waals surface area (Å²) in [5.74, 6) is 1.28. The number of rotatable bonds is 3. The molecule has 2 atom stereocenters. The van der Waals surface area contributed by atoms with Crippen molar-refractivity contribution in [2.24, 2.45) is 11.3 Å². The summed E-state index contributed by atoms with van der Waals surface area (Å²) in [6.07, 6.45) is 8.04. The molecule has 0 radical (unpaired) electrons. The minimum atomic E-state index is -0.373. The first-order valence-corrected chi connectivity index (χ1v) is 10.6. The van der Waals surface area contributed by atoms with Crippen LogP contribution < -0.4 is 4.74 Å². The summed E-state index contributed by atoms with van der Waals surface area (Å²) in [7, 11) is 1.77. The molecule has 1 saturated heterocycles. The Kier molecular flexibility index (Phi) is 3.97. The lowest BCUT2D eigenvalue weighted by molar-refractivity contribution is -0.542. The average molecular weight is 371 g/mol. The van der Waals surface area contributed by atoms with Gasteiger partial charge in [0.25, 0.3) is 0 Å². The van der Waals surface area contributed by atoms with E-state index in [0.29, 0.717) is 5.92 Å². The predicted octanol–water partition coefficient (Wildman–Crippen LogP) is 3.55. The van der Waals surface area contributed by atoms with Crippen molar-refractivity contribution in [3.63, 3.8) is 0 Å². The Morgan fingerprint density at radius 3 is 2.70 bits per heavy atom. The van der Waals surface area contributed by atoms with E-state index in [1.54, 1.807) is 7.11 Å². The van der Waals surface area contributed by atoms with Crippen LogP contribution in [0.25, 0.3) is 0 Å². The zero-order valence-electron chi connectivity index (χ0n) is 16.9. The van der Waals surface area contributed by atoms with E-state index in [-0.39, 0.29) is 16.6 Å². The Labute approximate surface area is 162 Å². The highest BCUT2D eigenvalue weighted by atomic mass is 16.7. The van der Waals surface area contributed by atoms with Crippen LogP contribution in [0.2, 0.25) is 0 Å². The molecule has 2 heterocycles. The van der Waals surface area contributed by atoms with Gasteiger partial charge in [0.15, 0.2) is 5.79 Å². The molecule has 5 rings (SSSR count). The lowest BCUT2D eigenvalue weighted by Gasteiger charge is -2.53. The van der Waals surface area contributed by atoms with E-state index in [4.69, 9.17) is 14.2 Å². The molecule has 4 aliphatic rings. The first-order chi connectivity index (χ1) is 13.0. The predicted molar refractivity (Wildman–Crippen MR) is 105 cm³/mol. The highest BCUT2D eigenvalue weighted by molar-refractivity contribution is 5.71. The summed E-state index contributed by atoms with van der Waals surface area (Å²) in [5, 5.41) is 0. The van der Waals surface area contributed by atoms with E-state index in [1.165, 1.54) is 17.5 Å². The number of benzene rings is 1. The number of hydrogen-bond acceptors (Lipinski definition) is 3. The number of ether oxygens (including phenoxy) is 3. The van der Waals surface area contributed by atoms with Gasteiger partial charge in [-0.2, -0.15) is 0 Å². The third kappa shape index (κ3) is 2.52. The van der Waals surface area contributed by atoms with Crippen LogP contribution in [0.1, 0.15) is 50.7 Å². The SMILES string of the molecule is COc1ccc2c(c1)[C@]13CC[N+](CC(C)C)=C[C@@]1(CCC1(C3)OCCO1)C2. The van der Waals surface area contributed by atoms with Crippen molar-refractivity contribution in [1.82, 2.24) is 0 Å². The van der Waals surface area contributed by atoms with Crippen molar-refractivity contribution in [3.8, 4) is 5.75 Å². The van der Waals surface area contributed by atoms with Crippen molar-refractivity contribution < 1.29 is 18.8 Å². The van der Waals surface area contributed by atoms with E-state index in [1.807, 2.05) is 0 Å². The summed E-state index contributed by atoms with van der Waals surface area (Å²) >= 11 is 0. The van der Waals surface area contributed by atoms with Crippen LogP contribution in [0.3, 0.4) is 0 Å². The zero-order chi connectivity index (χ0) is 18.7. The number of hydrogen-bond donors (Lipinski definition) is 0. The molecule has 27 heavy (non-hydrogen) atoms. The van der Waals surface area contributed by atoms with E-state index in [2.05, 4.69) is 42.8 Å². The number of methoxy groups -OCH3 is 1. The first kappa shape index (κ1) is 17.7. The molecule has 4 heteroatoms. The van der Waals surface area contributed by atoms with Gasteiger partial charge in [-0.15, -0.1) is 0 Å². The highest BCUT2D eigenvalue weighted by Crippen LogP contribution is 2.64. The van der Waals surface area contributed by atoms with E-state index in [9.17, 15) is 0 Å². The molecule has 2 aliphatic heterocycles. The molecule has 0 aromatic heterocycles. The minimum absolute atomic E-state index is 0.104. The third-order valence-corrected chi connectivity index (χ3v) is 7.48. The quantitative estimate of drug-likeness (QED) is 0.763. The van der Waals surface area contributed by atoms with Crippen molar-refractivity contribution in [1.29, 1.82) is 0 Å². The number of fused-ring (bicyclic) bond motifs is 1. The average Bonchev–Trinajstić information content (AvgIpc) is 3.21. The molecule has 0 N–H and O–H groups in total. The zero-order valence-corrected chi connectivity index (χ0v) is 16.9. The Balaban J connectivity index is 1.63. The first-order valence-electron chi connectivity index (χ1n) is 10.6. The fraction of sp³-hybridized carbons (Fsp3) is 0.696.